The maximum absolute atomic E-state index is 12.9. The molecule has 0 heterocycles. The van der Waals surface area contributed by atoms with E-state index in [0.717, 1.165) is 48.5 Å². The molecule has 0 radical (unpaired) electrons. The number of hydrogen-bond acceptors (Lipinski definition) is 2. The largest absolute Gasteiger partial charge is 0.416 e. The quantitative estimate of drug-likeness (QED) is 0.682. The third-order valence-electron chi connectivity index (χ3n) is 3.39. The SMILES string of the molecule is [NH3+]C[C@H](c1ccc(C(F)(F)F)cc1)S(=O)(=O)c1ccc(F)cc1. The van der Waals surface area contributed by atoms with Gasteiger partial charge in [-0.15, -0.1) is 0 Å². The van der Waals surface area contributed by atoms with E-state index in [2.05, 4.69) is 5.73 Å². The lowest BCUT2D eigenvalue weighted by molar-refractivity contribution is -0.367. The van der Waals surface area contributed by atoms with Gasteiger partial charge in [0.25, 0.3) is 0 Å². The molecule has 0 aliphatic heterocycles. The van der Waals surface area contributed by atoms with Crippen LogP contribution in [0.15, 0.2) is 53.4 Å². The molecule has 124 valence electrons. The first-order valence-electron chi connectivity index (χ1n) is 6.62. The molecule has 0 spiro atoms. The summed E-state index contributed by atoms with van der Waals surface area (Å²) in [6.45, 7) is -0.0644. The van der Waals surface area contributed by atoms with Crippen LogP contribution < -0.4 is 5.73 Å². The zero-order chi connectivity index (χ0) is 17.3. The van der Waals surface area contributed by atoms with E-state index in [1.807, 2.05) is 0 Å². The molecule has 2 aromatic rings. The highest BCUT2D eigenvalue weighted by molar-refractivity contribution is 7.91. The Morgan fingerprint density at radius 1 is 0.957 bits per heavy atom. The van der Waals surface area contributed by atoms with Gasteiger partial charge in [0, 0.05) is 0 Å². The molecule has 2 aromatic carbocycles. The van der Waals surface area contributed by atoms with E-state index < -0.39 is 32.6 Å². The van der Waals surface area contributed by atoms with Gasteiger partial charge < -0.3 is 5.73 Å². The fourth-order valence-corrected chi connectivity index (χ4v) is 3.85. The van der Waals surface area contributed by atoms with Crippen molar-refractivity contribution in [3.8, 4) is 0 Å². The smallest absolute Gasteiger partial charge is 0.356 e. The van der Waals surface area contributed by atoms with E-state index in [9.17, 15) is 26.0 Å². The van der Waals surface area contributed by atoms with Crippen LogP contribution in [-0.4, -0.2) is 15.0 Å². The zero-order valence-electron chi connectivity index (χ0n) is 11.8. The third-order valence-corrected chi connectivity index (χ3v) is 5.57. The summed E-state index contributed by atoms with van der Waals surface area (Å²) in [5, 5.41) is -1.10. The molecular weight excluding hydrogens is 334 g/mol. The minimum atomic E-state index is -4.49. The molecule has 0 amide bonds. The van der Waals surface area contributed by atoms with Crippen LogP contribution in [0.1, 0.15) is 16.4 Å². The van der Waals surface area contributed by atoms with E-state index in [1.165, 1.54) is 0 Å². The highest BCUT2D eigenvalue weighted by Crippen LogP contribution is 2.32. The van der Waals surface area contributed by atoms with Crippen LogP contribution >= 0.6 is 0 Å². The molecule has 2 rings (SSSR count). The van der Waals surface area contributed by atoms with Gasteiger partial charge >= 0.3 is 6.18 Å². The Bertz CT molecular complexity index is 769. The van der Waals surface area contributed by atoms with E-state index in [0.29, 0.717) is 0 Å². The molecule has 0 aliphatic rings. The highest BCUT2D eigenvalue weighted by Gasteiger charge is 2.33. The second kappa shape index (κ2) is 6.29. The van der Waals surface area contributed by atoms with Gasteiger partial charge in [-0.25, -0.2) is 12.8 Å². The van der Waals surface area contributed by atoms with E-state index in [4.69, 9.17) is 0 Å². The number of sulfone groups is 1. The average Bonchev–Trinajstić information content (AvgIpc) is 2.48. The average molecular weight is 348 g/mol. The molecular formula is C15H14F4NO2S+. The molecule has 3 N–H and O–H groups in total. The van der Waals surface area contributed by atoms with Crippen LogP contribution in [0.3, 0.4) is 0 Å². The van der Waals surface area contributed by atoms with Gasteiger partial charge in [0.1, 0.15) is 11.1 Å². The Labute approximate surface area is 130 Å². The summed E-state index contributed by atoms with van der Waals surface area (Å²) in [6, 6.07) is 8.18. The second-order valence-electron chi connectivity index (χ2n) is 4.90. The predicted molar refractivity (Wildman–Crippen MR) is 75.5 cm³/mol. The Balaban J connectivity index is 2.41. The van der Waals surface area contributed by atoms with Crippen molar-refractivity contribution in [2.75, 3.05) is 6.54 Å². The van der Waals surface area contributed by atoms with Crippen LogP contribution in [0.25, 0.3) is 0 Å². The van der Waals surface area contributed by atoms with Crippen LogP contribution in [0.2, 0.25) is 0 Å². The van der Waals surface area contributed by atoms with Gasteiger partial charge in [0.15, 0.2) is 9.84 Å². The van der Waals surface area contributed by atoms with E-state index >= 15 is 0 Å². The van der Waals surface area contributed by atoms with Crippen molar-refractivity contribution in [2.24, 2.45) is 0 Å². The summed E-state index contributed by atoms with van der Waals surface area (Å²) < 4.78 is 75.8. The van der Waals surface area contributed by atoms with Crippen molar-refractivity contribution >= 4 is 9.84 Å². The first-order valence-corrected chi connectivity index (χ1v) is 8.17. The van der Waals surface area contributed by atoms with Gasteiger partial charge in [-0.1, -0.05) is 12.1 Å². The Morgan fingerprint density at radius 2 is 1.48 bits per heavy atom. The monoisotopic (exact) mass is 348 g/mol. The third kappa shape index (κ3) is 3.70. The maximum Gasteiger partial charge on any atom is 0.416 e. The number of benzene rings is 2. The van der Waals surface area contributed by atoms with E-state index in [1.54, 1.807) is 0 Å². The molecule has 0 saturated carbocycles. The number of hydrogen-bond donors (Lipinski definition) is 1. The van der Waals surface area contributed by atoms with Crippen LogP contribution in [0.5, 0.6) is 0 Å². The van der Waals surface area contributed by atoms with Gasteiger partial charge in [0.2, 0.25) is 0 Å². The lowest BCUT2D eigenvalue weighted by atomic mass is 10.1. The topological polar surface area (TPSA) is 61.8 Å². The molecule has 8 heteroatoms. The number of rotatable bonds is 4. The minimum absolute atomic E-state index is 0.0644. The first kappa shape index (κ1) is 17.4. The van der Waals surface area contributed by atoms with Crippen molar-refractivity contribution in [3.63, 3.8) is 0 Å². The normalized spacial score (nSPS) is 13.8. The zero-order valence-corrected chi connectivity index (χ0v) is 12.7. The van der Waals surface area contributed by atoms with Crippen LogP contribution in [0, 0.1) is 5.82 Å². The molecule has 0 saturated heterocycles. The Kier molecular flexibility index (Phi) is 4.76. The fraction of sp³-hybridized carbons (Fsp3) is 0.200. The summed E-state index contributed by atoms with van der Waals surface area (Å²) in [5.74, 6) is -0.579. The predicted octanol–water partition coefficient (Wildman–Crippen LogP) is 2.60. The van der Waals surface area contributed by atoms with Gasteiger partial charge in [-0.3, -0.25) is 0 Å². The highest BCUT2D eigenvalue weighted by atomic mass is 32.2. The van der Waals surface area contributed by atoms with Crippen LogP contribution in [0.4, 0.5) is 17.6 Å². The summed E-state index contributed by atoms with van der Waals surface area (Å²) in [7, 11) is -3.88. The minimum Gasteiger partial charge on any atom is -0.356 e. The second-order valence-corrected chi connectivity index (χ2v) is 7.03. The van der Waals surface area contributed by atoms with Crippen molar-refractivity contribution in [1.82, 2.24) is 0 Å². The van der Waals surface area contributed by atoms with Crippen molar-refractivity contribution in [2.45, 2.75) is 16.3 Å². The molecule has 23 heavy (non-hydrogen) atoms. The number of halogens is 4. The first-order chi connectivity index (χ1) is 10.7. The molecule has 0 fully saturated rings. The van der Waals surface area contributed by atoms with Gasteiger partial charge in [0.05, 0.1) is 17.0 Å². The lowest BCUT2D eigenvalue weighted by Gasteiger charge is -2.16. The van der Waals surface area contributed by atoms with Crippen molar-refractivity contribution in [3.05, 3.63) is 65.5 Å². The summed E-state index contributed by atoms with van der Waals surface area (Å²) >= 11 is 0. The summed E-state index contributed by atoms with van der Waals surface area (Å²) in [5.41, 5.74) is 2.92. The Hall–Kier alpha value is -1.93. The molecule has 0 aromatic heterocycles. The van der Waals surface area contributed by atoms with Gasteiger partial charge in [-0.05, 0) is 42.0 Å². The number of alkyl halides is 3. The lowest BCUT2D eigenvalue weighted by Crippen LogP contribution is -2.54. The molecule has 3 nitrogen and oxygen atoms in total. The Morgan fingerprint density at radius 3 is 1.91 bits per heavy atom. The molecule has 1 atom stereocenters. The van der Waals surface area contributed by atoms with Crippen LogP contribution in [-0.2, 0) is 16.0 Å². The van der Waals surface area contributed by atoms with Crippen molar-refractivity contribution < 1.29 is 31.7 Å². The summed E-state index contributed by atoms with van der Waals surface area (Å²) in [6.07, 6.45) is -4.49. The molecule has 0 bridgehead atoms. The standard InChI is InChI=1S/C15H13F4NO2S/c16-12-5-7-13(8-6-12)23(21,22)14(9-20)10-1-3-11(4-2-10)15(17,18)19/h1-8,14H,9,20H2/p+1/t14-/m1/s1. The fourth-order valence-electron chi connectivity index (χ4n) is 2.18. The molecule has 0 unspecified atom stereocenters. The van der Waals surface area contributed by atoms with Gasteiger partial charge in [-0.2, -0.15) is 13.2 Å². The van der Waals surface area contributed by atoms with Crippen molar-refractivity contribution in [1.29, 1.82) is 0 Å². The summed E-state index contributed by atoms with van der Waals surface area (Å²) in [4.78, 5) is -0.104. The number of quaternary nitrogens is 1. The maximum atomic E-state index is 12.9. The van der Waals surface area contributed by atoms with E-state index in [-0.39, 0.29) is 17.0 Å². The molecule has 0 aliphatic carbocycles.